The van der Waals surface area contributed by atoms with Gasteiger partial charge in [-0.3, -0.25) is 4.68 Å². The summed E-state index contributed by atoms with van der Waals surface area (Å²) >= 11 is 0. The van der Waals surface area contributed by atoms with Gasteiger partial charge in [-0.1, -0.05) is 12.8 Å². The van der Waals surface area contributed by atoms with E-state index in [1.807, 2.05) is 11.7 Å². The van der Waals surface area contributed by atoms with Gasteiger partial charge in [0.1, 0.15) is 12.2 Å². The molecule has 4 heteroatoms. The minimum atomic E-state index is -0.0131. The molecule has 1 fully saturated rings. The first kappa shape index (κ1) is 8.69. The molecule has 0 unspecified atom stereocenters. The zero-order chi connectivity index (χ0) is 9.31. The molecule has 1 saturated carbocycles. The van der Waals surface area contributed by atoms with Crippen LogP contribution in [0.15, 0.2) is 6.33 Å². The van der Waals surface area contributed by atoms with Crippen LogP contribution in [0.25, 0.3) is 0 Å². The summed E-state index contributed by atoms with van der Waals surface area (Å²) in [5, 5.41) is 4.04. The fourth-order valence-corrected chi connectivity index (χ4v) is 2.05. The normalized spacial score (nSPS) is 20.8. The van der Waals surface area contributed by atoms with Crippen LogP contribution in [0.5, 0.6) is 0 Å². The van der Waals surface area contributed by atoms with Gasteiger partial charge >= 0.3 is 0 Å². The molecule has 1 aromatic rings. The van der Waals surface area contributed by atoms with E-state index in [1.54, 1.807) is 6.33 Å². The van der Waals surface area contributed by atoms with Crippen LogP contribution in [0.1, 0.15) is 31.5 Å². The SMILES string of the molecule is Cn1ncnc1CC1(N)CCCC1. The van der Waals surface area contributed by atoms with Crippen LogP contribution in [-0.4, -0.2) is 20.3 Å². The van der Waals surface area contributed by atoms with Crippen LogP contribution in [0.2, 0.25) is 0 Å². The van der Waals surface area contributed by atoms with Crippen molar-refractivity contribution in [3.05, 3.63) is 12.2 Å². The van der Waals surface area contributed by atoms with Crippen molar-refractivity contribution in [2.45, 2.75) is 37.6 Å². The van der Waals surface area contributed by atoms with E-state index >= 15 is 0 Å². The molecular formula is C9H16N4. The summed E-state index contributed by atoms with van der Waals surface area (Å²) in [5.74, 6) is 1.00. The number of hydrogen-bond acceptors (Lipinski definition) is 3. The lowest BCUT2D eigenvalue weighted by Gasteiger charge is -2.22. The van der Waals surface area contributed by atoms with Crippen LogP contribution in [0, 0.1) is 0 Å². The average molecular weight is 180 g/mol. The smallest absolute Gasteiger partial charge is 0.138 e. The molecule has 1 aliphatic rings. The second-order valence-corrected chi connectivity index (χ2v) is 4.05. The highest BCUT2D eigenvalue weighted by molar-refractivity contribution is 4.99. The summed E-state index contributed by atoms with van der Waals surface area (Å²) < 4.78 is 1.81. The third-order valence-corrected chi connectivity index (χ3v) is 2.91. The number of nitrogens with two attached hydrogens (primary N) is 1. The van der Waals surface area contributed by atoms with Gasteiger partial charge in [0.05, 0.1) is 0 Å². The minimum Gasteiger partial charge on any atom is -0.325 e. The molecule has 0 saturated heterocycles. The third kappa shape index (κ3) is 1.72. The van der Waals surface area contributed by atoms with Gasteiger partial charge in [0, 0.05) is 19.0 Å². The molecule has 13 heavy (non-hydrogen) atoms. The predicted octanol–water partition coefficient (Wildman–Crippen LogP) is 0.629. The molecule has 0 spiro atoms. The monoisotopic (exact) mass is 180 g/mol. The van der Waals surface area contributed by atoms with E-state index in [4.69, 9.17) is 5.73 Å². The first-order chi connectivity index (χ1) is 6.20. The van der Waals surface area contributed by atoms with Gasteiger partial charge in [-0.25, -0.2) is 4.98 Å². The molecule has 1 aromatic heterocycles. The van der Waals surface area contributed by atoms with Crippen molar-refractivity contribution in [1.82, 2.24) is 14.8 Å². The highest BCUT2D eigenvalue weighted by Gasteiger charge is 2.30. The average Bonchev–Trinajstić information content (AvgIpc) is 2.64. The zero-order valence-corrected chi connectivity index (χ0v) is 8.03. The zero-order valence-electron chi connectivity index (χ0n) is 8.03. The van der Waals surface area contributed by atoms with Gasteiger partial charge in [0.25, 0.3) is 0 Å². The van der Waals surface area contributed by atoms with Crippen LogP contribution in [-0.2, 0) is 13.5 Å². The van der Waals surface area contributed by atoms with E-state index in [0.29, 0.717) is 0 Å². The van der Waals surface area contributed by atoms with Crippen LogP contribution in [0.4, 0.5) is 0 Å². The van der Waals surface area contributed by atoms with E-state index in [1.165, 1.54) is 12.8 Å². The Morgan fingerprint density at radius 3 is 2.77 bits per heavy atom. The van der Waals surface area contributed by atoms with Gasteiger partial charge in [0.15, 0.2) is 0 Å². The number of nitrogens with zero attached hydrogens (tertiary/aromatic N) is 3. The van der Waals surface area contributed by atoms with Crippen molar-refractivity contribution in [3.63, 3.8) is 0 Å². The number of hydrogen-bond donors (Lipinski definition) is 1. The van der Waals surface area contributed by atoms with Gasteiger partial charge in [-0.05, 0) is 12.8 Å². The first-order valence-corrected chi connectivity index (χ1v) is 4.81. The summed E-state index contributed by atoms with van der Waals surface area (Å²) in [6.45, 7) is 0. The Balaban J connectivity index is 2.09. The highest BCUT2D eigenvalue weighted by Crippen LogP contribution is 2.29. The molecular weight excluding hydrogens is 164 g/mol. The van der Waals surface area contributed by atoms with Crippen molar-refractivity contribution in [2.75, 3.05) is 0 Å². The van der Waals surface area contributed by atoms with Gasteiger partial charge < -0.3 is 5.73 Å². The van der Waals surface area contributed by atoms with Gasteiger partial charge in [-0.15, -0.1) is 0 Å². The molecule has 0 amide bonds. The fraction of sp³-hybridized carbons (Fsp3) is 0.778. The summed E-state index contributed by atoms with van der Waals surface area (Å²) in [4.78, 5) is 4.20. The third-order valence-electron chi connectivity index (χ3n) is 2.91. The second kappa shape index (κ2) is 3.10. The van der Waals surface area contributed by atoms with Crippen molar-refractivity contribution in [3.8, 4) is 0 Å². The maximum atomic E-state index is 6.24. The Hall–Kier alpha value is -0.900. The van der Waals surface area contributed by atoms with Crippen LogP contribution in [0.3, 0.4) is 0 Å². The number of aryl methyl sites for hydroxylation is 1. The first-order valence-electron chi connectivity index (χ1n) is 4.81. The Morgan fingerprint density at radius 2 is 2.23 bits per heavy atom. The van der Waals surface area contributed by atoms with Gasteiger partial charge in [0.2, 0.25) is 0 Å². The molecule has 0 aromatic carbocycles. The van der Waals surface area contributed by atoms with E-state index in [-0.39, 0.29) is 5.54 Å². The van der Waals surface area contributed by atoms with Crippen molar-refractivity contribution >= 4 is 0 Å². The standard InChI is InChI=1S/C9H16N4/c1-13-8(11-7-12-13)6-9(10)4-2-3-5-9/h7H,2-6,10H2,1H3. The van der Waals surface area contributed by atoms with Crippen LogP contribution >= 0.6 is 0 Å². The molecule has 1 heterocycles. The summed E-state index contributed by atoms with van der Waals surface area (Å²) in [7, 11) is 1.92. The molecule has 2 N–H and O–H groups in total. The molecule has 1 aliphatic carbocycles. The van der Waals surface area contributed by atoms with Crippen molar-refractivity contribution < 1.29 is 0 Å². The van der Waals surface area contributed by atoms with E-state index in [0.717, 1.165) is 25.1 Å². The van der Waals surface area contributed by atoms with E-state index < -0.39 is 0 Å². The summed E-state index contributed by atoms with van der Waals surface area (Å²) in [6, 6.07) is 0. The second-order valence-electron chi connectivity index (χ2n) is 4.05. The molecule has 72 valence electrons. The maximum absolute atomic E-state index is 6.24. The quantitative estimate of drug-likeness (QED) is 0.726. The highest BCUT2D eigenvalue weighted by atomic mass is 15.3. The molecule has 2 rings (SSSR count). The number of aromatic nitrogens is 3. The van der Waals surface area contributed by atoms with E-state index in [9.17, 15) is 0 Å². The predicted molar refractivity (Wildman–Crippen MR) is 50.1 cm³/mol. The molecule has 0 bridgehead atoms. The topological polar surface area (TPSA) is 56.7 Å². The summed E-state index contributed by atoms with van der Waals surface area (Å²) in [6.07, 6.45) is 7.22. The number of rotatable bonds is 2. The van der Waals surface area contributed by atoms with E-state index in [2.05, 4.69) is 10.1 Å². The molecule has 4 nitrogen and oxygen atoms in total. The lowest BCUT2D eigenvalue weighted by atomic mass is 9.94. The Bertz CT molecular complexity index is 286. The minimum absolute atomic E-state index is 0.0131. The molecule has 0 atom stereocenters. The molecule has 0 aliphatic heterocycles. The van der Waals surface area contributed by atoms with Crippen LogP contribution < -0.4 is 5.73 Å². The Kier molecular flexibility index (Phi) is 2.07. The van der Waals surface area contributed by atoms with Crippen molar-refractivity contribution in [1.29, 1.82) is 0 Å². The summed E-state index contributed by atoms with van der Waals surface area (Å²) in [5.41, 5.74) is 6.22. The molecule has 0 radical (unpaired) electrons. The fourth-order valence-electron chi connectivity index (χ4n) is 2.05. The van der Waals surface area contributed by atoms with Crippen molar-refractivity contribution in [2.24, 2.45) is 12.8 Å². The van der Waals surface area contributed by atoms with Gasteiger partial charge in [-0.2, -0.15) is 5.10 Å². The Labute approximate surface area is 78.1 Å². The lowest BCUT2D eigenvalue weighted by molar-refractivity contribution is 0.418. The largest absolute Gasteiger partial charge is 0.325 e. The Morgan fingerprint density at radius 1 is 1.54 bits per heavy atom. The lowest BCUT2D eigenvalue weighted by Crippen LogP contribution is -2.39. The maximum Gasteiger partial charge on any atom is 0.138 e.